The highest BCUT2D eigenvalue weighted by Crippen LogP contribution is 2.17. The minimum absolute atomic E-state index is 0.344. The first kappa shape index (κ1) is 11.8. The third-order valence-corrected chi connectivity index (χ3v) is 3.72. The second-order valence-corrected chi connectivity index (χ2v) is 5.47. The number of thiazole rings is 1. The molecule has 1 atom stereocenters. The topological polar surface area (TPSA) is 24.9 Å². The van der Waals surface area contributed by atoms with Crippen LogP contribution in [0.4, 0.5) is 0 Å². The fraction of sp³-hybridized carbons (Fsp3) is 0.250. The van der Waals surface area contributed by atoms with E-state index in [-0.39, 0.29) is 0 Å². The van der Waals surface area contributed by atoms with Gasteiger partial charge in [-0.2, -0.15) is 0 Å². The Balaban J connectivity index is 1.93. The summed E-state index contributed by atoms with van der Waals surface area (Å²) in [7, 11) is 0. The summed E-state index contributed by atoms with van der Waals surface area (Å²) in [5.41, 5.74) is 1.29. The Morgan fingerprint density at radius 1 is 1.38 bits per heavy atom. The molecule has 0 aliphatic carbocycles. The van der Waals surface area contributed by atoms with E-state index in [1.807, 2.05) is 11.6 Å². The molecule has 1 aromatic heterocycles. The van der Waals surface area contributed by atoms with Crippen LogP contribution in [0.1, 0.15) is 23.5 Å². The average molecular weight is 297 g/mol. The molecule has 0 saturated carbocycles. The highest BCUT2D eigenvalue weighted by molar-refractivity contribution is 9.10. The number of benzene rings is 1. The SMILES string of the molecule is CC(NCc1nccs1)c1ccc(Br)cc1. The van der Waals surface area contributed by atoms with Gasteiger partial charge in [-0.05, 0) is 24.6 Å². The van der Waals surface area contributed by atoms with Crippen LogP contribution in [0.15, 0.2) is 40.3 Å². The summed E-state index contributed by atoms with van der Waals surface area (Å²) in [5, 5.41) is 6.58. The van der Waals surface area contributed by atoms with E-state index in [0.717, 1.165) is 16.0 Å². The Morgan fingerprint density at radius 3 is 2.75 bits per heavy atom. The van der Waals surface area contributed by atoms with E-state index in [0.29, 0.717) is 6.04 Å². The van der Waals surface area contributed by atoms with E-state index < -0.39 is 0 Å². The zero-order chi connectivity index (χ0) is 11.4. The van der Waals surface area contributed by atoms with Gasteiger partial charge in [0.1, 0.15) is 5.01 Å². The van der Waals surface area contributed by atoms with Crippen molar-refractivity contribution in [1.29, 1.82) is 0 Å². The number of hydrogen-bond acceptors (Lipinski definition) is 3. The van der Waals surface area contributed by atoms with Crippen LogP contribution in [0.5, 0.6) is 0 Å². The second-order valence-electron chi connectivity index (χ2n) is 3.58. The Hall–Kier alpha value is -0.710. The van der Waals surface area contributed by atoms with Crippen LogP contribution in [-0.4, -0.2) is 4.98 Å². The Bertz CT molecular complexity index is 425. The molecule has 1 aromatic carbocycles. The molecule has 16 heavy (non-hydrogen) atoms. The van der Waals surface area contributed by atoms with Crippen LogP contribution >= 0.6 is 27.3 Å². The maximum atomic E-state index is 4.24. The smallest absolute Gasteiger partial charge is 0.106 e. The lowest BCUT2D eigenvalue weighted by atomic mass is 10.1. The van der Waals surface area contributed by atoms with Gasteiger partial charge in [0, 0.05) is 28.6 Å². The number of hydrogen-bond donors (Lipinski definition) is 1. The molecular weight excluding hydrogens is 284 g/mol. The van der Waals surface area contributed by atoms with Gasteiger partial charge in [0.2, 0.25) is 0 Å². The van der Waals surface area contributed by atoms with Crippen molar-refractivity contribution in [3.8, 4) is 0 Å². The maximum absolute atomic E-state index is 4.24. The first-order valence-corrected chi connectivity index (χ1v) is 6.80. The van der Waals surface area contributed by atoms with Gasteiger partial charge in [-0.3, -0.25) is 0 Å². The lowest BCUT2D eigenvalue weighted by Gasteiger charge is -2.13. The molecule has 0 radical (unpaired) electrons. The normalized spacial score (nSPS) is 12.6. The molecule has 0 spiro atoms. The van der Waals surface area contributed by atoms with Gasteiger partial charge in [0.05, 0.1) is 0 Å². The quantitative estimate of drug-likeness (QED) is 0.929. The number of nitrogens with zero attached hydrogens (tertiary/aromatic N) is 1. The molecular formula is C12H13BrN2S. The fourth-order valence-electron chi connectivity index (χ4n) is 1.45. The molecule has 0 fully saturated rings. The van der Waals surface area contributed by atoms with Crippen molar-refractivity contribution in [2.75, 3.05) is 0 Å². The van der Waals surface area contributed by atoms with Crippen molar-refractivity contribution < 1.29 is 0 Å². The molecule has 1 heterocycles. The first-order chi connectivity index (χ1) is 7.75. The Kier molecular flexibility index (Phi) is 4.09. The summed E-state index contributed by atoms with van der Waals surface area (Å²) in [6.45, 7) is 2.99. The molecule has 2 rings (SSSR count). The summed E-state index contributed by atoms with van der Waals surface area (Å²) in [6, 6.07) is 8.73. The minimum atomic E-state index is 0.344. The predicted octanol–water partition coefficient (Wildman–Crippen LogP) is 3.76. The molecule has 2 aromatic rings. The molecule has 0 amide bonds. The third kappa shape index (κ3) is 3.14. The van der Waals surface area contributed by atoms with Crippen LogP contribution in [0, 0.1) is 0 Å². The Morgan fingerprint density at radius 2 is 2.12 bits per heavy atom. The predicted molar refractivity (Wildman–Crippen MR) is 71.5 cm³/mol. The summed E-state index contributed by atoms with van der Waals surface area (Å²) >= 11 is 5.12. The number of nitrogens with one attached hydrogen (secondary N) is 1. The lowest BCUT2D eigenvalue weighted by molar-refractivity contribution is 0.573. The lowest BCUT2D eigenvalue weighted by Crippen LogP contribution is -2.17. The van der Waals surface area contributed by atoms with E-state index in [1.54, 1.807) is 11.3 Å². The van der Waals surface area contributed by atoms with Gasteiger partial charge in [-0.1, -0.05) is 28.1 Å². The van der Waals surface area contributed by atoms with Crippen LogP contribution in [0.3, 0.4) is 0 Å². The largest absolute Gasteiger partial charge is 0.304 e. The number of halogens is 1. The van der Waals surface area contributed by atoms with Crippen LogP contribution in [0.25, 0.3) is 0 Å². The van der Waals surface area contributed by atoms with Crippen molar-refractivity contribution in [2.45, 2.75) is 19.5 Å². The summed E-state index contributed by atoms with van der Waals surface area (Å²) in [4.78, 5) is 4.24. The molecule has 1 unspecified atom stereocenters. The zero-order valence-electron chi connectivity index (χ0n) is 8.98. The van der Waals surface area contributed by atoms with E-state index in [4.69, 9.17) is 0 Å². The van der Waals surface area contributed by atoms with Gasteiger partial charge in [0.25, 0.3) is 0 Å². The molecule has 1 N–H and O–H groups in total. The maximum Gasteiger partial charge on any atom is 0.106 e. The minimum Gasteiger partial charge on any atom is -0.304 e. The van der Waals surface area contributed by atoms with Crippen molar-refractivity contribution in [3.05, 3.63) is 50.9 Å². The summed E-state index contributed by atoms with van der Waals surface area (Å²) < 4.78 is 1.11. The molecule has 0 aliphatic heterocycles. The third-order valence-electron chi connectivity index (χ3n) is 2.41. The highest BCUT2D eigenvalue weighted by Gasteiger charge is 2.05. The van der Waals surface area contributed by atoms with E-state index in [2.05, 4.69) is 57.4 Å². The monoisotopic (exact) mass is 296 g/mol. The van der Waals surface area contributed by atoms with Gasteiger partial charge in [-0.15, -0.1) is 11.3 Å². The number of aromatic nitrogens is 1. The molecule has 0 saturated heterocycles. The molecule has 84 valence electrons. The van der Waals surface area contributed by atoms with Gasteiger partial charge in [0.15, 0.2) is 0 Å². The molecule has 4 heteroatoms. The molecule has 2 nitrogen and oxygen atoms in total. The van der Waals surface area contributed by atoms with Crippen LogP contribution in [0.2, 0.25) is 0 Å². The summed E-state index contributed by atoms with van der Waals surface area (Å²) in [5.74, 6) is 0. The highest BCUT2D eigenvalue weighted by atomic mass is 79.9. The van der Waals surface area contributed by atoms with Crippen molar-refractivity contribution in [3.63, 3.8) is 0 Å². The van der Waals surface area contributed by atoms with E-state index in [1.165, 1.54) is 5.56 Å². The van der Waals surface area contributed by atoms with E-state index in [9.17, 15) is 0 Å². The zero-order valence-corrected chi connectivity index (χ0v) is 11.4. The second kappa shape index (κ2) is 5.57. The van der Waals surface area contributed by atoms with Crippen molar-refractivity contribution >= 4 is 27.3 Å². The van der Waals surface area contributed by atoms with Crippen LogP contribution in [-0.2, 0) is 6.54 Å². The first-order valence-electron chi connectivity index (χ1n) is 5.13. The summed E-state index contributed by atoms with van der Waals surface area (Å²) in [6.07, 6.45) is 1.84. The van der Waals surface area contributed by atoms with Crippen molar-refractivity contribution in [2.24, 2.45) is 0 Å². The number of rotatable bonds is 4. The van der Waals surface area contributed by atoms with Gasteiger partial charge >= 0.3 is 0 Å². The van der Waals surface area contributed by atoms with Crippen LogP contribution < -0.4 is 5.32 Å². The fourth-order valence-corrected chi connectivity index (χ4v) is 2.28. The van der Waals surface area contributed by atoms with Gasteiger partial charge in [-0.25, -0.2) is 4.98 Å². The van der Waals surface area contributed by atoms with E-state index >= 15 is 0 Å². The standard InChI is InChI=1S/C12H13BrN2S/c1-9(10-2-4-11(13)5-3-10)15-8-12-14-6-7-16-12/h2-7,9,15H,8H2,1H3. The van der Waals surface area contributed by atoms with Crippen molar-refractivity contribution in [1.82, 2.24) is 10.3 Å². The van der Waals surface area contributed by atoms with Gasteiger partial charge < -0.3 is 5.32 Å². The molecule has 0 bridgehead atoms. The average Bonchev–Trinajstić information content (AvgIpc) is 2.80. The Labute approximate surface area is 108 Å². The molecule has 0 aliphatic rings.